The van der Waals surface area contributed by atoms with E-state index in [9.17, 15) is 8.78 Å². The van der Waals surface area contributed by atoms with Crippen LogP contribution in [0, 0.1) is 11.6 Å². The zero-order chi connectivity index (χ0) is 19.1. The van der Waals surface area contributed by atoms with Crippen molar-refractivity contribution in [2.24, 2.45) is 0 Å². The van der Waals surface area contributed by atoms with Gasteiger partial charge in [0.05, 0.1) is 17.9 Å². The zero-order valence-electron chi connectivity index (χ0n) is 15.5. The standard InChI is InChI=1S/C18H23F2N5S/c1-18(2,3)14-10-25-17(22-14)26-16(23-25)21-9-13(24(4)5)15-11(19)7-6-8-12(15)20/h6-8,10,13H,9H2,1-5H3,(H,21,23). The van der Waals surface area contributed by atoms with Gasteiger partial charge in [0.1, 0.15) is 11.6 Å². The number of imidazole rings is 1. The number of nitrogens with zero attached hydrogens (tertiary/aromatic N) is 4. The molecule has 0 bridgehead atoms. The molecule has 2 heterocycles. The minimum atomic E-state index is -0.547. The van der Waals surface area contributed by atoms with Crippen molar-refractivity contribution in [1.82, 2.24) is 19.5 Å². The number of benzene rings is 1. The Labute approximate surface area is 155 Å². The summed E-state index contributed by atoms with van der Waals surface area (Å²) in [6.07, 6.45) is 1.91. The molecule has 2 aromatic heterocycles. The maximum absolute atomic E-state index is 14.1. The Bertz CT molecular complexity index is 858. The highest BCUT2D eigenvalue weighted by atomic mass is 32.1. The van der Waals surface area contributed by atoms with E-state index in [1.807, 2.05) is 6.20 Å². The van der Waals surface area contributed by atoms with Gasteiger partial charge >= 0.3 is 0 Å². The SMILES string of the molecule is CN(C)C(CNc1nn2cc(C(C)(C)C)nc2s1)c1c(F)cccc1F. The lowest BCUT2D eigenvalue weighted by molar-refractivity contribution is 0.295. The van der Waals surface area contributed by atoms with Crippen LogP contribution in [0.2, 0.25) is 0 Å². The Kier molecular flexibility index (Phi) is 4.98. The summed E-state index contributed by atoms with van der Waals surface area (Å²) < 4.78 is 30.0. The van der Waals surface area contributed by atoms with Crippen molar-refractivity contribution in [3.63, 3.8) is 0 Å². The lowest BCUT2D eigenvalue weighted by Gasteiger charge is -2.25. The topological polar surface area (TPSA) is 45.5 Å². The molecule has 0 saturated carbocycles. The average Bonchev–Trinajstić information content (AvgIpc) is 3.07. The van der Waals surface area contributed by atoms with Crippen LogP contribution in [-0.2, 0) is 5.41 Å². The van der Waals surface area contributed by atoms with E-state index < -0.39 is 17.7 Å². The van der Waals surface area contributed by atoms with Gasteiger partial charge in [-0.05, 0) is 26.2 Å². The van der Waals surface area contributed by atoms with Crippen molar-refractivity contribution >= 4 is 21.4 Å². The van der Waals surface area contributed by atoms with Crippen molar-refractivity contribution in [3.8, 4) is 0 Å². The fourth-order valence-electron chi connectivity index (χ4n) is 2.69. The van der Waals surface area contributed by atoms with Gasteiger partial charge in [-0.15, -0.1) is 5.10 Å². The number of rotatable bonds is 5. The van der Waals surface area contributed by atoms with Gasteiger partial charge in [0.15, 0.2) is 0 Å². The molecule has 0 spiro atoms. The second kappa shape index (κ2) is 6.92. The van der Waals surface area contributed by atoms with Crippen LogP contribution >= 0.6 is 11.3 Å². The van der Waals surface area contributed by atoms with Crippen LogP contribution < -0.4 is 5.32 Å². The summed E-state index contributed by atoms with van der Waals surface area (Å²) in [5.74, 6) is -1.09. The van der Waals surface area contributed by atoms with Crippen molar-refractivity contribution < 1.29 is 8.78 Å². The number of fused-ring (bicyclic) bond motifs is 1. The molecule has 1 atom stereocenters. The van der Waals surface area contributed by atoms with Crippen molar-refractivity contribution in [2.75, 3.05) is 26.0 Å². The first-order valence-corrected chi connectivity index (χ1v) is 9.19. The number of hydrogen-bond acceptors (Lipinski definition) is 5. The number of likely N-dealkylation sites (N-methyl/N-ethyl adjacent to an activating group) is 1. The molecule has 0 saturated heterocycles. The van der Waals surface area contributed by atoms with Gasteiger partial charge in [-0.1, -0.05) is 38.2 Å². The van der Waals surface area contributed by atoms with E-state index in [2.05, 4.69) is 36.2 Å². The van der Waals surface area contributed by atoms with Crippen LogP contribution in [0.25, 0.3) is 4.96 Å². The molecule has 26 heavy (non-hydrogen) atoms. The zero-order valence-corrected chi connectivity index (χ0v) is 16.4. The van der Waals surface area contributed by atoms with Gasteiger partial charge in [-0.25, -0.2) is 18.3 Å². The molecule has 0 fully saturated rings. The molecule has 0 aliphatic rings. The maximum atomic E-state index is 14.1. The smallest absolute Gasteiger partial charge is 0.214 e. The van der Waals surface area contributed by atoms with Crippen LogP contribution in [0.4, 0.5) is 13.9 Å². The quantitative estimate of drug-likeness (QED) is 0.726. The lowest BCUT2D eigenvalue weighted by atomic mass is 9.93. The van der Waals surface area contributed by atoms with Gasteiger partial charge in [0.25, 0.3) is 0 Å². The second-order valence-electron chi connectivity index (χ2n) is 7.51. The Balaban J connectivity index is 1.80. The van der Waals surface area contributed by atoms with Crippen LogP contribution in [-0.4, -0.2) is 40.1 Å². The molecule has 0 aliphatic heterocycles. The molecule has 3 rings (SSSR count). The summed E-state index contributed by atoms with van der Waals surface area (Å²) in [5, 5.41) is 8.32. The molecule has 3 aromatic rings. The fourth-order valence-corrected chi connectivity index (χ4v) is 3.48. The molecular formula is C18H23F2N5S. The van der Waals surface area contributed by atoms with Crippen LogP contribution in [0.15, 0.2) is 24.4 Å². The Hall–Kier alpha value is -2.06. The summed E-state index contributed by atoms with van der Waals surface area (Å²) in [6.45, 7) is 6.63. The number of hydrogen-bond donors (Lipinski definition) is 1. The van der Waals surface area contributed by atoms with E-state index in [0.717, 1.165) is 10.7 Å². The molecule has 1 aromatic carbocycles. The number of nitrogens with one attached hydrogen (secondary N) is 1. The lowest BCUT2D eigenvalue weighted by Crippen LogP contribution is -2.28. The highest BCUT2D eigenvalue weighted by molar-refractivity contribution is 7.20. The van der Waals surface area contributed by atoms with Gasteiger partial charge in [-0.3, -0.25) is 0 Å². The molecule has 8 heteroatoms. The molecule has 1 N–H and O–H groups in total. The Morgan fingerprint density at radius 1 is 1.23 bits per heavy atom. The number of aromatic nitrogens is 3. The fraction of sp³-hybridized carbons (Fsp3) is 0.444. The molecule has 0 radical (unpaired) electrons. The van der Waals surface area contributed by atoms with E-state index in [0.29, 0.717) is 11.7 Å². The van der Waals surface area contributed by atoms with E-state index in [-0.39, 0.29) is 11.0 Å². The first-order valence-electron chi connectivity index (χ1n) is 8.37. The Morgan fingerprint density at radius 2 is 1.88 bits per heavy atom. The van der Waals surface area contributed by atoms with E-state index in [1.54, 1.807) is 23.5 Å². The predicted octanol–water partition coefficient (Wildman–Crippen LogP) is 4.08. The largest absolute Gasteiger partial charge is 0.358 e. The average molecular weight is 379 g/mol. The third-order valence-corrected chi connectivity index (χ3v) is 5.09. The first-order chi connectivity index (χ1) is 12.2. The molecular weight excluding hydrogens is 356 g/mol. The summed E-state index contributed by atoms with van der Waals surface area (Å²) >= 11 is 1.42. The third kappa shape index (κ3) is 3.71. The van der Waals surface area contributed by atoms with Gasteiger partial charge in [0.2, 0.25) is 10.1 Å². The van der Waals surface area contributed by atoms with Gasteiger partial charge in [0, 0.05) is 17.5 Å². The van der Waals surface area contributed by atoms with Crippen LogP contribution in [0.5, 0.6) is 0 Å². The van der Waals surface area contributed by atoms with Crippen molar-refractivity contribution in [1.29, 1.82) is 0 Å². The first kappa shape index (κ1) is 18.7. The normalized spacial score (nSPS) is 13.5. The minimum absolute atomic E-state index is 0.0423. The maximum Gasteiger partial charge on any atom is 0.214 e. The summed E-state index contributed by atoms with van der Waals surface area (Å²) in [7, 11) is 3.59. The predicted molar refractivity (Wildman–Crippen MR) is 101 cm³/mol. The summed E-state index contributed by atoms with van der Waals surface area (Å²) in [6, 6.07) is 3.47. The van der Waals surface area contributed by atoms with Crippen LogP contribution in [0.1, 0.15) is 38.1 Å². The third-order valence-electron chi connectivity index (χ3n) is 4.21. The molecule has 1 unspecified atom stereocenters. The highest BCUT2D eigenvalue weighted by Gasteiger charge is 2.23. The minimum Gasteiger partial charge on any atom is -0.358 e. The highest BCUT2D eigenvalue weighted by Crippen LogP contribution is 2.28. The van der Waals surface area contributed by atoms with Gasteiger partial charge in [-0.2, -0.15) is 0 Å². The van der Waals surface area contributed by atoms with Crippen LogP contribution in [0.3, 0.4) is 0 Å². The summed E-state index contributed by atoms with van der Waals surface area (Å²) in [4.78, 5) is 7.17. The molecule has 0 amide bonds. The molecule has 0 aliphatic carbocycles. The summed E-state index contributed by atoms with van der Waals surface area (Å²) in [5.41, 5.74) is 0.989. The molecule has 140 valence electrons. The second-order valence-corrected chi connectivity index (χ2v) is 8.46. The van der Waals surface area contributed by atoms with E-state index in [1.165, 1.54) is 29.5 Å². The van der Waals surface area contributed by atoms with Crippen molar-refractivity contribution in [3.05, 3.63) is 47.3 Å². The van der Waals surface area contributed by atoms with E-state index in [4.69, 9.17) is 0 Å². The monoisotopic (exact) mass is 379 g/mol. The van der Waals surface area contributed by atoms with Gasteiger partial charge < -0.3 is 10.2 Å². The van der Waals surface area contributed by atoms with E-state index >= 15 is 0 Å². The van der Waals surface area contributed by atoms with Crippen molar-refractivity contribution in [2.45, 2.75) is 32.2 Å². The Morgan fingerprint density at radius 3 is 2.42 bits per heavy atom. The molecule has 5 nitrogen and oxygen atoms in total. The number of halogens is 2. The number of anilines is 1.